The van der Waals surface area contributed by atoms with E-state index in [9.17, 15) is 9.90 Å². The third-order valence-corrected chi connectivity index (χ3v) is 5.42. The van der Waals surface area contributed by atoms with Crippen LogP contribution in [0.15, 0.2) is 41.5 Å². The van der Waals surface area contributed by atoms with Crippen molar-refractivity contribution in [2.75, 3.05) is 19.7 Å². The first-order valence-electron chi connectivity index (χ1n) is 9.49. The van der Waals surface area contributed by atoms with Crippen molar-refractivity contribution >= 4 is 10.9 Å². The Morgan fingerprint density at radius 1 is 1.26 bits per heavy atom. The maximum atomic E-state index is 13.0. The molecule has 1 N–H and O–H groups in total. The van der Waals surface area contributed by atoms with Crippen LogP contribution in [0.1, 0.15) is 30.5 Å². The normalized spacial score (nSPS) is 17.8. The van der Waals surface area contributed by atoms with E-state index in [0.717, 1.165) is 49.5 Å². The number of aryl methyl sites for hydroxylation is 1. The quantitative estimate of drug-likeness (QED) is 0.715. The highest BCUT2D eigenvalue weighted by molar-refractivity contribution is 5.77. The molecule has 1 aliphatic rings. The maximum Gasteiger partial charge on any atom is 0.261 e. The number of aromatic nitrogens is 4. The third-order valence-electron chi connectivity index (χ3n) is 5.42. The molecule has 4 rings (SSSR count). The van der Waals surface area contributed by atoms with E-state index >= 15 is 0 Å². The van der Waals surface area contributed by atoms with Gasteiger partial charge in [0, 0.05) is 32.4 Å². The summed E-state index contributed by atoms with van der Waals surface area (Å²) in [4.78, 5) is 24.6. The molecule has 7 heteroatoms. The van der Waals surface area contributed by atoms with E-state index in [1.807, 2.05) is 42.2 Å². The molecule has 0 spiro atoms. The van der Waals surface area contributed by atoms with Crippen LogP contribution < -0.4 is 5.56 Å². The molecule has 0 bridgehead atoms. The summed E-state index contributed by atoms with van der Waals surface area (Å²) in [6.45, 7) is 2.05. The van der Waals surface area contributed by atoms with Gasteiger partial charge in [-0.15, -0.1) is 0 Å². The Labute approximate surface area is 157 Å². The van der Waals surface area contributed by atoms with Crippen molar-refractivity contribution in [2.45, 2.75) is 31.8 Å². The fourth-order valence-electron chi connectivity index (χ4n) is 4.02. The Balaban J connectivity index is 1.68. The molecule has 0 amide bonds. The van der Waals surface area contributed by atoms with E-state index in [2.05, 4.69) is 9.88 Å². The lowest BCUT2D eigenvalue weighted by Gasteiger charge is -2.26. The largest absolute Gasteiger partial charge is 0.395 e. The monoisotopic (exact) mass is 367 g/mol. The molecule has 3 aromatic rings. The van der Waals surface area contributed by atoms with Crippen LogP contribution in [0, 0.1) is 0 Å². The van der Waals surface area contributed by atoms with Crippen molar-refractivity contribution < 1.29 is 5.11 Å². The van der Waals surface area contributed by atoms with Crippen LogP contribution >= 0.6 is 0 Å². The highest BCUT2D eigenvalue weighted by Crippen LogP contribution is 2.31. The average Bonchev–Trinajstić information content (AvgIpc) is 3.31. The Morgan fingerprint density at radius 3 is 2.89 bits per heavy atom. The topological polar surface area (TPSA) is 76.2 Å². The number of fused-ring (bicyclic) bond motifs is 1. The zero-order valence-electron chi connectivity index (χ0n) is 15.6. The summed E-state index contributed by atoms with van der Waals surface area (Å²) in [6, 6.07) is 7.53. The van der Waals surface area contributed by atoms with Gasteiger partial charge in [-0.25, -0.2) is 9.97 Å². The standard InChI is InChI=1S/C20H25N5O2/c1-23-12-9-21-18(23)8-11-24-10-4-7-17(24)19-22-16-6-3-2-5-15(16)20(27)25(19)13-14-26/h2-3,5-6,9,12,17,26H,4,7-8,10-11,13-14H2,1H3. The minimum absolute atomic E-state index is 0.0689. The van der Waals surface area contributed by atoms with Crippen LogP contribution in [0.3, 0.4) is 0 Å². The average molecular weight is 367 g/mol. The first kappa shape index (κ1) is 17.9. The molecule has 1 atom stereocenters. The molecule has 1 unspecified atom stereocenters. The van der Waals surface area contributed by atoms with Gasteiger partial charge >= 0.3 is 0 Å². The zero-order valence-corrected chi connectivity index (χ0v) is 15.6. The fourth-order valence-corrected chi connectivity index (χ4v) is 4.02. The van der Waals surface area contributed by atoms with Crippen LogP contribution in [0.2, 0.25) is 0 Å². The molecule has 1 aromatic carbocycles. The van der Waals surface area contributed by atoms with Gasteiger partial charge in [0.1, 0.15) is 11.6 Å². The predicted molar refractivity (Wildman–Crippen MR) is 104 cm³/mol. The van der Waals surface area contributed by atoms with Gasteiger partial charge in [0.25, 0.3) is 5.56 Å². The maximum absolute atomic E-state index is 13.0. The van der Waals surface area contributed by atoms with Crippen LogP contribution in [0.5, 0.6) is 0 Å². The Bertz CT molecular complexity index is 993. The molecule has 1 aliphatic heterocycles. The molecule has 1 saturated heterocycles. The number of benzene rings is 1. The van der Waals surface area contributed by atoms with Crippen molar-refractivity contribution in [2.24, 2.45) is 7.05 Å². The second-order valence-electron chi connectivity index (χ2n) is 7.07. The SMILES string of the molecule is Cn1ccnc1CCN1CCCC1c1nc2ccccc2c(=O)n1CCO. The molecule has 0 saturated carbocycles. The van der Waals surface area contributed by atoms with Crippen LogP contribution in [-0.2, 0) is 20.0 Å². The fraction of sp³-hybridized carbons (Fsp3) is 0.450. The van der Waals surface area contributed by atoms with Gasteiger partial charge in [-0.05, 0) is 31.5 Å². The van der Waals surface area contributed by atoms with Gasteiger partial charge in [-0.1, -0.05) is 12.1 Å². The second-order valence-corrected chi connectivity index (χ2v) is 7.07. The minimum atomic E-state index is -0.0765. The van der Waals surface area contributed by atoms with Gasteiger partial charge in [0.05, 0.1) is 30.1 Å². The number of hydrogen-bond acceptors (Lipinski definition) is 5. The summed E-state index contributed by atoms with van der Waals surface area (Å²) in [6.07, 6.45) is 6.68. The number of imidazole rings is 1. The molecule has 3 heterocycles. The highest BCUT2D eigenvalue weighted by Gasteiger charge is 2.30. The number of likely N-dealkylation sites (tertiary alicyclic amines) is 1. The van der Waals surface area contributed by atoms with Crippen LogP contribution in [0.4, 0.5) is 0 Å². The Hall–Kier alpha value is -2.51. The van der Waals surface area contributed by atoms with Gasteiger partial charge in [0.2, 0.25) is 0 Å². The first-order valence-corrected chi connectivity index (χ1v) is 9.49. The number of hydrogen-bond donors (Lipinski definition) is 1. The summed E-state index contributed by atoms with van der Waals surface area (Å²) in [5.41, 5.74) is 0.656. The molecular formula is C20H25N5O2. The molecule has 2 aromatic heterocycles. The van der Waals surface area contributed by atoms with Crippen molar-refractivity contribution in [1.82, 2.24) is 24.0 Å². The predicted octanol–water partition coefficient (Wildman–Crippen LogP) is 1.50. The molecule has 0 aliphatic carbocycles. The number of rotatable bonds is 6. The lowest BCUT2D eigenvalue weighted by molar-refractivity contribution is 0.230. The van der Waals surface area contributed by atoms with E-state index < -0.39 is 0 Å². The summed E-state index contributed by atoms with van der Waals surface area (Å²) in [5.74, 6) is 1.82. The lowest BCUT2D eigenvalue weighted by atomic mass is 10.1. The summed E-state index contributed by atoms with van der Waals surface area (Å²) >= 11 is 0. The molecule has 7 nitrogen and oxygen atoms in total. The minimum Gasteiger partial charge on any atom is -0.395 e. The van der Waals surface area contributed by atoms with Crippen molar-refractivity contribution in [3.8, 4) is 0 Å². The van der Waals surface area contributed by atoms with E-state index in [1.165, 1.54) is 0 Å². The number of aliphatic hydroxyl groups excluding tert-OH is 1. The molecule has 142 valence electrons. The zero-order chi connectivity index (χ0) is 18.8. The lowest BCUT2D eigenvalue weighted by Crippen LogP contribution is -2.34. The second kappa shape index (κ2) is 7.62. The first-order chi connectivity index (χ1) is 13.2. The smallest absolute Gasteiger partial charge is 0.261 e. The van der Waals surface area contributed by atoms with Gasteiger partial charge in [0.15, 0.2) is 0 Å². The molecule has 1 fully saturated rings. The van der Waals surface area contributed by atoms with Crippen LogP contribution in [-0.4, -0.2) is 48.8 Å². The number of aliphatic hydroxyl groups is 1. The summed E-state index contributed by atoms with van der Waals surface area (Å²) < 4.78 is 3.70. The Morgan fingerprint density at radius 2 is 2.11 bits per heavy atom. The van der Waals surface area contributed by atoms with Gasteiger partial charge < -0.3 is 9.67 Å². The summed E-state index contributed by atoms with van der Waals surface area (Å²) in [5, 5.41) is 10.1. The van der Waals surface area contributed by atoms with Crippen molar-refractivity contribution in [3.63, 3.8) is 0 Å². The highest BCUT2D eigenvalue weighted by atomic mass is 16.3. The third kappa shape index (κ3) is 3.40. The van der Waals surface area contributed by atoms with Crippen molar-refractivity contribution in [3.05, 3.63) is 58.7 Å². The van der Waals surface area contributed by atoms with E-state index in [1.54, 1.807) is 10.6 Å². The van der Waals surface area contributed by atoms with Crippen LogP contribution in [0.25, 0.3) is 10.9 Å². The molecule has 27 heavy (non-hydrogen) atoms. The van der Waals surface area contributed by atoms with E-state index in [-0.39, 0.29) is 24.8 Å². The van der Waals surface area contributed by atoms with E-state index in [4.69, 9.17) is 4.98 Å². The van der Waals surface area contributed by atoms with Crippen molar-refractivity contribution in [1.29, 1.82) is 0 Å². The van der Waals surface area contributed by atoms with Gasteiger partial charge in [-0.3, -0.25) is 14.3 Å². The molecule has 0 radical (unpaired) electrons. The Kier molecular flexibility index (Phi) is 5.05. The number of nitrogens with zero attached hydrogens (tertiary/aromatic N) is 5. The molecular weight excluding hydrogens is 342 g/mol. The summed E-state index contributed by atoms with van der Waals surface area (Å²) in [7, 11) is 2.01. The van der Waals surface area contributed by atoms with E-state index in [0.29, 0.717) is 5.39 Å². The number of para-hydroxylation sites is 1. The van der Waals surface area contributed by atoms with Gasteiger partial charge in [-0.2, -0.15) is 0 Å².